The highest BCUT2D eigenvalue weighted by molar-refractivity contribution is 6.14. The van der Waals surface area contributed by atoms with Crippen molar-refractivity contribution in [1.82, 2.24) is 9.13 Å². The monoisotopic (exact) mass is 875 g/mol. The van der Waals surface area contributed by atoms with Gasteiger partial charge in [-0.25, -0.2) is 4.85 Å². The van der Waals surface area contributed by atoms with Crippen molar-refractivity contribution in [2.75, 3.05) is 0 Å². The molecule has 6 heteroatoms. The van der Waals surface area contributed by atoms with Gasteiger partial charge in [-0.2, -0.15) is 13.2 Å². The highest BCUT2D eigenvalue weighted by Crippen LogP contribution is 2.49. The van der Waals surface area contributed by atoms with E-state index in [2.05, 4.69) is 139 Å². The molecular formula is C61H44F3N3. The summed E-state index contributed by atoms with van der Waals surface area (Å²) in [6.45, 7) is 18.9. The molecule has 324 valence electrons. The summed E-state index contributed by atoms with van der Waals surface area (Å²) >= 11 is 0. The minimum atomic E-state index is -4.57. The zero-order valence-electron chi connectivity index (χ0n) is 37.7. The predicted molar refractivity (Wildman–Crippen MR) is 272 cm³/mol. The molecule has 0 radical (unpaired) electrons. The molecule has 3 nitrogen and oxygen atoms in total. The predicted octanol–water partition coefficient (Wildman–Crippen LogP) is 17.7. The van der Waals surface area contributed by atoms with Gasteiger partial charge in [0.05, 0.1) is 39.9 Å². The van der Waals surface area contributed by atoms with Gasteiger partial charge in [0.2, 0.25) is 0 Å². The summed E-state index contributed by atoms with van der Waals surface area (Å²) < 4.78 is 48.6. The summed E-state index contributed by atoms with van der Waals surface area (Å²) in [6, 6.07) is 58.6. The Labute approximate surface area is 387 Å². The SMILES string of the molecule is [C-]#[N+]c1cccc(-n2c3ccccc3c3cc(-c4ccc(C)cc4C)ccc32)c1-c1c(-c2cc(C)cc(C(F)(F)F)c2)cccc1-n1c2ccccc2c2cc(-c3ccc(C)cc3C)ccc21. The second-order valence-electron chi connectivity index (χ2n) is 17.9. The van der Waals surface area contributed by atoms with Crippen molar-refractivity contribution in [1.29, 1.82) is 0 Å². The molecule has 0 atom stereocenters. The van der Waals surface area contributed by atoms with Crippen molar-refractivity contribution in [2.24, 2.45) is 0 Å². The van der Waals surface area contributed by atoms with Gasteiger partial charge in [0.1, 0.15) is 0 Å². The number of aryl methyl sites for hydroxylation is 5. The number of hydrogen-bond donors (Lipinski definition) is 0. The minimum absolute atomic E-state index is 0.380. The third kappa shape index (κ3) is 6.89. The van der Waals surface area contributed by atoms with Crippen LogP contribution in [0.3, 0.4) is 0 Å². The number of para-hydroxylation sites is 2. The molecule has 0 aliphatic heterocycles. The fourth-order valence-electron chi connectivity index (χ4n) is 10.5. The molecule has 2 aromatic heterocycles. The molecule has 2 heterocycles. The first-order chi connectivity index (χ1) is 32.4. The molecule has 0 fully saturated rings. The average Bonchev–Trinajstić information content (AvgIpc) is 3.82. The van der Waals surface area contributed by atoms with Crippen LogP contribution in [-0.2, 0) is 6.18 Å². The van der Waals surface area contributed by atoms with E-state index in [0.717, 1.165) is 77.2 Å². The number of fused-ring (bicyclic) bond motifs is 6. The minimum Gasteiger partial charge on any atom is -0.310 e. The summed E-state index contributed by atoms with van der Waals surface area (Å²) in [6.07, 6.45) is -4.57. The first kappa shape index (κ1) is 41.6. The van der Waals surface area contributed by atoms with Gasteiger partial charge in [0.15, 0.2) is 5.69 Å². The molecule has 0 unspecified atom stereocenters. The Hall–Kier alpha value is -8.14. The van der Waals surface area contributed by atoms with Gasteiger partial charge in [0.25, 0.3) is 0 Å². The van der Waals surface area contributed by atoms with Crippen LogP contribution in [0.5, 0.6) is 0 Å². The van der Waals surface area contributed by atoms with E-state index in [1.165, 1.54) is 34.4 Å². The second kappa shape index (κ2) is 15.8. The molecular weight excluding hydrogens is 832 g/mol. The normalized spacial score (nSPS) is 11.9. The van der Waals surface area contributed by atoms with E-state index in [1.54, 1.807) is 6.92 Å². The van der Waals surface area contributed by atoms with Crippen molar-refractivity contribution in [3.63, 3.8) is 0 Å². The maximum Gasteiger partial charge on any atom is 0.416 e. The number of nitrogens with zero attached hydrogens (tertiary/aromatic N) is 3. The molecule has 0 bridgehead atoms. The van der Waals surface area contributed by atoms with Crippen molar-refractivity contribution in [3.8, 4) is 55.9 Å². The zero-order chi connectivity index (χ0) is 46.3. The van der Waals surface area contributed by atoms with Gasteiger partial charge in [-0.05, 0) is 145 Å². The number of rotatable bonds is 6. The number of hydrogen-bond acceptors (Lipinski definition) is 0. The van der Waals surface area contributed by atoms with Gasteiger partial charge in [-0.15, -0.1) is 0 Å². The Morgan fingerprint density at radius 1 is 0.403 bits per heavy atom. The van der Waals surface area contributed by atoms with E-state index in [4.69, 9.17) is 6.57 Å². The van der Waals surface area contributed by atoms with Crippen LogP contribution >= 0.6 is 0 Å². The average molecular weight is 876 g/mol. The largest absolute Gasteiger partial charge is 0.416 e. The van der Waals surface area contributed by atoms with Crippen LogP contribution in [0, 0.1) is 41.2 Å². The van der Waals surface area contributed by atoms with E-state index in [-0.39, 0.29) is 0 Å². The Kier molecular flexibility index (Phi) is 9.79. The lowest BCUT2D eigenvalue weighted by molar-refractivity contribution is -0.137. The first-order valence-electron chi connectivity index (χ1n) is 22.4. The molecule has 0 amide bonds. The third-order valence-corrected chi connectivity index (χ3v) is 13.4. The van der Waals surface area contributed by atoms with Crippen molar-refractivity contribution in [3.05, 3.63) is 221 Å². The Balaban J connectivity index is 1.25. The fraction of sp³-hybridized carbons (Fsp3) is 0.0984. The maximum atomic E-state index is 14.7. The van der Waals surface area contributed by atoms with Crippen LogP contribution in [0.1, 0.15) is 33.4 Å². The maximum absolute atomic E-state index is 14.7. The molecule has 11 aromatic rings. The van der Waals surface area contributed by atoms with Crippen LogP contribution in [0.2, 0.25) is 0 Å². The van der Waals surface area contributed by atoms with E-state index in [1.807, 2.05) is 66.7 Å². The standard InChI is InChI=1S/C61H44F3N3/c1-36-21-25-45(39(4)29-36)41-23-27-55-50(34-41)48-13-7-9-17-53(48)66(55)57-19-11-15-47(43-31-38(3)32-44(33-43)61(62,63)64)59(57)60-52(65-6)16-12-20-58(60)67-54-18-10-8-14-49(54)51-35-42(24-28-56(51)67)46-26-22-37(2)30-40(46)5/h7-35H,1-5H3. The molecule has 0 saturated heterocycles. The van der Waals surface area contributed by atoms with E-state index < -0.39 is 11.7 Å². The summed E-state index contributed by atoms with van der Waals surface area (Å²) in [5, 5.41) is 4.18. The molecule has 0 saturated carbocycles. The number of benzene rings is 9. The topological polar surface area (TPSA) is 14.2 Å². The molecule has 67 heavy (non-hydrogen) atoms. The van der Waals surface area contributed by atoms with Crippen LogP contribution in [-0.4, -0.2) is 9.13 Å². The Bertz CT molecular complexity index is 3870. The van der Waals surface area contributed by atoms with Gasteiger partial charge < -0.3 is 9.13 Å². The first-order valence-corrected chi connectivity index (χ1v) is 22.4. The van der Waals surface area contributed by atoms with Crippen LogP contribution < -0.4 is 0 Å². The molecule has 9 aromatic carbocycles. The highest BCUT2D eigenvalue weighted by atomic mass is 19.4. The number of alkyl halides is 3. The molecule has 0 aliphatic carbocycles. The lowest BCUT2D eigenvalue weighted by atomic mass is 9.89. The van der Waals surface area contributed by atoms with Crippen molar-refractivity contribution < 1.29 is 13.2 Å². The molecule has 0 aliphatic rings. The van der Waals surface area contributed by atoms with E-state index in [0.29, 0.717) is 33.5 Å². The van der Waals surface area contributed by atoms with Gasteiger partial charge in [-0.1, -0.05) is 126 Å². The molecule has 0 N–H and O–H groups in total. The summed E-state index contributed by atoms with van der Waals surface area (Å²) in [5.74, 6) is 0. The van der Waals surface area contributed by atoms with Gasteiger partial charge in [0, 0.05) is 38.4 Å². The summed E-state index contributed by atoms with van der Waals surface area (Å²) in [7, 11) is 0. The van der Waals surface area contributed by atoms with Gasteiger partial charge >= 0.3 is 6.18 Å². The van der Waals surface area contributed by atoms with Crippen molar-refractivity contribution >= 4 is 49.3 Å². The number of halogens is 3. The van der Waals surface area contributed by atoms with Crippen LogP contribution in [0.25, 0.3) is 104 Å². The third-order valence-electron chi connectivity index (χ3n) is 13.4. The smallest absolute Gasteiger partial charge is 0.310 e. The Morgan fingerprint density at radius 3 is 1.43 bits per heavy atom. The summed E-state index contributed by atoms with van der Waals surface area (Å²) in [5.41, 5.74) is 16.9. The van der Waals surface area contributed by atoms with Crippen LogP contribution in [0.4, 0.5) is 18.9 Å². The highest BCUT2D eigenvalue weighted by Gasteiger charge is 2.32. The Morgan fingerprint density at radius 2 is 0.910 bits per heavy atom. The van der Waals surface area contributed by atoms with Crippen LogP contribution in [0.15, 0.2) is 176 Å². The lowest BCUT2D eigenvalue weighted by Gasteiger charge is -2.23. The van der Waals surface area contributed by atoms with E-state index >= 15 is 0 Å². The number of aromatic nitrogens is 2. The summed E-state index contributed by atoms with van der Waals surface area (Å²) in [4.78, 5) is 4.21. The fourth-order valence-corrected chi connectivity index (χ4v) is 10.5. The molecule has 11 rings (SSSR count). The lowest BCUT2D eigenvalue weighted by Crippen LogP contribution is -2.06. The van der Waals surface area contributed by atoms with Crippen molar-refractivity contribution in [2.45, 2.75) is 40.8 Å². The van der Waals surface area contributed by atoms with E-state index in [9.17, 15) is 13.2 Å². The van der Waals surface area contributed by atoms with Gasteiger partial charge in [-0.3, -0.25) is 0 Å². The second-order valence-corrected chi connectivity index (χ2v) is 17.9. The molecule has 0 spiro atoms. The zero-order valence-corrected chi connectivity index (χ0v) is 37.7. The quantitative estimate of drug-likeness (QED) is 0.148.